The van der Waals surface area contributed by atoms with Crippen LogP contribution in [0.25, 0.3) is 0 Å². The number of rotatable bonds is 3. The second kappa shape index (κ2) is 5.26. The van der Waals surface area contributed by atoms with Crippen molar-refractivity contribution in [3.8, 4) is 0 Å². The van der Waals surface area contributed by atoms with Crippen molar-refractivity contribution >= 4 is 31.8 Å². The van der Waals surface area contributed by atoms with E-state index in [9.17, 15) is 12.8 Å². The lowest BCUT2D eigenvalue weighted by molar-refractivity contribution is 0.588. The highest BCUT2D eigenvalue weighted by molar-refractivity contribution is 9.10. The molecule has 0 aliphatic rings. The monoisotopic (exact) mass is 344 g/mol. The third-order valence-electron chi connectivity index (χ3n) is 2.50. The van der Waals surface area contributed by atoms with Gasteiger partial charge in [-0.05, 0) is 46.3 Å². The van der Waals surface area contributed by atoms with E-state index in [0.29, 0.717) is 4.47 Å². The van der Waals surface area contributed by atoms with E-state index in [1.165, 1.54) is 25.4 Å². The predicted octanol–water partition coefficient (Wildman–Crippen LogP) is 2.81. The van der Waals surface area contributed by atoms with Gasteiger partial charge in [0.05, 0.1) is 0 Å². The first-order valence-electron chi connectivity index (χ1n) is 5.28. The van der Waals surface area contributed by atoms with Crippen molar-refractivity contribution in [2.45, 2.75) is 4.90 Å². The summed E-state index contributed by atoms with van der Waals surface area (Å²) in [6, 6.07) is 8.43. The highest BCUT2D eigenvalue weighted by Gasteiger charge is 2.25. The maximum absolute atomic E-state index is 13.2. The molecule has 1 heterocycles. The van der Waals surface area contributed by atoms with Crippen LogP contribution < -0.4 is 4.31 Å². The van der Waals surface area contributed by atoms with E-state index in [2.05, 4.69) is 20.9 Å². The second-order valence-electron chi connectivity index (χ2n) is 3.74. The normalized spacial score (nSPS) is 11.3. The summed E-state index contributed by atoms with van der Waals surface area (Å²) in [4.78, 5) is 3.82. The van der Waals surface area contributed by atoms with E-state index in [-0.39, 0.29) is 10.7 Å². The van der Waals surface area contributed by atoms with Crippen molar-refractivity contribution in [3.63, 3.8) is 0 Å². The third-order valence-corrected chi connectivity index (χ3v) is 5.26. The van der Waals surface area contributed by atoms with Crippen LogP contribution in [0, 0.1) is 5.82 Å². The molecule has 0 saturated heterocycles. The molecule has 0 aliphatic carbocycles. The first-order valence-corrected chi connectivity index (χ1v) is 7.51. The molecule has 2 aromatic rings. The Kier molecular flexibility index (Phi) is 3.86. The van der Waals surface area contributed by atoms with Gasteiger partial charge in [-0.3, -0.25) is 4.31 Å². The van der Waals surface area contributed by atoms with Crippen LogP contribution in [0.4, 0.5) is 10.2 Å². The molecule has 7 heteroatoms. The summed E-state index contributed by atoms with van der Waals surface area (Å²) in [5, 5.41) is 0. The number of sulfonamides is 1. The molecule has 0 radical (unpaired) electrons. The average molecular weight is 345 g/mol. The molecule has 0 spiro atoms. The van der Waals surface area contributed by atoms with Crippen LogP contribution in [0.3, 0.4) is 0 Å². The van der Waals surface area contributed by atoms with Gasteiger partial charge in [-0.1, -0.05) is 6.07 Å². The maximum atomic E-state index is 13.2. The number of anilines is 1. The fourth-order valence-corrected chi connectivity index (χ4v) is 3.57. The minimum Gasteiger partial charge on any atom is -0.253 e. The minimum absolute atomic E-state index is 0.138. The molecular weight excluding hydrogens is 335 g/mol. The van der Waals surface area contributed by atoms with Crippen LogP contribution >= 0.6 is 15.9 Å². The number of nitrogens with zero attached hydrogens (tertiary/aromatic N) is 2. The van der Waals surface area contributed by atoms with Gasteiger partial charge >= 0.3 is 0 Å². The molecule has 0 amide bonds. The van der Waals surface area contributed by atoms with E-state index in [1.54, 1.807) is 18.2 Å². The first kappa shape index (κ1) is 14.0. The Morgan fingerprint density at radius 3 is 2.63 bits per heavy atom. The first-order chi connectivity index (χ1) is 8.93. The van der Waals surface area contributed by atoms with Crippen LogP contribution in [0.5, 0.6) is 0 Å². The topological polar surface area (TPSA) is 50.3 Å². The molecule has 0 saturated carbocycles. The van der Waals surface area contributed by atoms with E-state index < -0.39 is 15.8 Å². The van der Waals surface area contributed by atoms with Crippen molar-refractivity contribution in [3.05, 3.63) is 52.9 Å². The van der Waals surface area contributed by atoms with Gasteiger partial charge in [0.1, 0.15) is 16.5 Å². The van der Waals surface area contributed by atoms with Gasteiger partial charge in [-0.15, -0.1) is 0 Å². The Balaban J connectivity index is 2.51. The molecule has 0 bridgehead atoms. The fraction of sp³-hybridized carbons (Fsp3) is 0.0833. The lowest BCUT2D eigenvalue weighted by atomic mass is 10.3. The van der Waals surface area contributed by atoms with Crippen molar-refractivity contribution in [2.24, 2.45) is 0 Å². The summed E-state index contributed by atoms with van der Waals surface area (Å²) in [5.74, 6) is -0.352. The van der Waals surface area contributed by atoms with E-state index in [0.717, 1.165) is 10.4 Å². The van der Waals surface area contributed by atoms with Gasteiger partial charge in [0.15, 0.2) is 0 Å². The van der Waals surface area contributed by atoms with Gasteiger partial charge in [0.2, 0.25) is 0 Å². The summed E-state index contributed by atoms with van der Waals surface area (Å²) in [6.45, 7) is 0. The predicted molar refractivity (Wildman–Crippen MR) is 73.9 cm³/mol. The lowest BCUT2D eigenvalue weighted by Crippen LogP contribution is -2.27. The molecule has 0 atom stereocenters. The SMILES string of the molecule is CN(c1ccccn1)S(=O)(=O)c1cc(F)ccc1Br. The number of hydrogen-bond acceptors (Lipinski definition) is 3. The highest BCUT2D eigenvalue weighted by atomic mass is 79.9. The summed E-state index contributed by atoms with van der Waals surface area (Å²) in [5.41, 5.74) is 0. The average Bonchev–Trinajstić information content (AvgIpc) is 2.41. The molecule has 4 nitrogen and oxygen atoms in total. The van der Waals surface area contributed by atoms with Crippen LogP contribution in [-0.2, 0) is 10.0 Å². The van der Waals surface area contributed by atoms with Crippen LogP contribution in [0.15, 0.2) is 52.0 Å². The standard InChI is InChI=1S/C12H10BrFN2O2S/c1-16(12-4-2-3-7-15-12)19(17,18)11-8-9(14)5-6-10(11)13/h2-8H,1H3. The van der Waals surface area contributed by atoms with E-state index in [4.69, 9.17) is 0 Å². The molecule has 19 heavy (non-hydrogen) atoms. The Labute approximate surface area is 119 Å². The lowest BCUT2D eigenvalue weighted by Gasteiger charge is -2.19. The number of benzene rings is 1. The number of halogens is 2. The molecule has 0 N–H and O–H groups in total. The van der Waals surface area contributed by atoms with Crippen LogP contribution in [-0.4, -0.2) is 20.4 Å². The zero-order valence-electron chi connectivity index (χ0n) is 9.92. The minimum atomic E-state index is -3.86. The Bertz CT molecular complexity index is 692. The Hall–Kier alpha value is -1.47. The van der Waals surface area contributed by atoms with E-state index >= 15 is 0 Å². The molecule has 0 unspecified atom stereocenters. The van der Waals surface area contributed by atoms with Crippen molar-refractivity contribution < 1.29 is 12.8 Å². The zero-order chi connectivity index (χ0) is 14.0. The quantitative estimate of drug-likeness (QED) is 0.860. The summed E-state index contributed by atoms with van der Waals surface area (Å²) in [7, 11) is -2.49. The molecule has 100 valence electrons. The highest BCUT2D eigenvalue weighted by Crippen LogP contribution is 2.27. The zero-order valence-corrected chi connectivity index (χ0v) is 12.3. The number of pyridine rings is 1. The van der Waals surface area contributed by atoms with Crippen LogP contribution in [0.2, 0.25) is 0 Å². The Morgan fingerprint density at radius 2 is 2.00 bits per heavy atom. The molecule has 2 rings (SSSR count). The second-order valence-corrected chi connectivity index (χ2v) is 6.53. The van der Waals surface area contributed by atoms with Gasteiger partial charge in [-0.25, -0.2) is 17.8 Å². The largest absolute Gasteiger partial charge is 0.266 e. The third kappa shape index (κ3) is 2.76. The molecular formula is C12H10BrFN2O2S. The Morgan fingerprint density at radius 1 is 1.26 bits per heavy atom. The van der Waals surface area contributed by atoms with Crippen molar-refractivity contribution in [1.82, 2.24) is 4.98 Å². The summed E-state index contributed by atoms with van der Waals surface area (Å²) < 4.78 is 39.3. The molecule has 1 aromatic heterocycles. The number of hydrogen-bond donors (Lipinski definition) is 0. The number of aromatic nitrogens is 1. The fourth-order valence-electron chi connectivity index (χ4n) is 1.49. The van der Waals surface area contributed by atoms with Gasteiger partial charge in [0, 0.05) is 17.7 Å². The van der Waals surface area contributed by atoms with Gasteiger partial charge in [-0.2, -0.15) is 0 Å². The maximum Gasteiger partial charge on any atom is 0.266 e. The van der Waals surface area contributed by atoms with Gasteiger partial charge < -0.3 is 0 Å². The summed E-state index contributed by atoms with van der Waals surface area (Å²) >= 11 is 3.11. The molecule has 0 aliphatic heterocycles. The summed E-state index contributed by atoms with van der Waals surface area (Å²) in [6.07, 6.45) is 1.49. The van der Waals surface area contributed by atoms with Crippen LogP contribution in [0.1, 0.15) is 0 Å². The van der Waals surface area contributed by atoms with Gasteiger partial charge in [0.25, 0.3) is 10.0 Å². The van der Waals surface area contributed by atoms with Crippen molar-refractivity contribution in [1.29, 1.82) is 0 Å². The van der Waals surface area contributed by atoms with Crippen molar-refractivity contribution in [2.75, 3.05) is 11.4 Å². The smallest absolute Gasteiger partial charge is 0.253 e. The van der Waals surface area contributed by atoms with E-state index in [1.807, 2.05) is 0 Å². The molecule has 1 aromatic carbocycles. The molecule has 0 fully saturated rings.